The number of aryl methyl sites for hydroxylation is 1. The zero-order chi connectivity index (χ0) is 21.4. The number of para-hydroxylation sites is 1. The van der Waals surface area contributed by atoms with Crippen molar-refractivity contribution in [1.29, 1.82) is 0 Å². The molecule has 5 rings (SSSR count). The molecule has 6 nitrogen and oxygen atoms in total. The number of nitrogen functional groups attached to an aromatic ring is 1. The molecule has 0 amide bonds. The molecule has 5 aromatic rings. The van der Waals surface area contributed by atoms with Crippen LogP contribution in [0.2, 0.25) is 0 Å². The monoisotopic (exact) mass is 425 g/mol. The van der Waals surface area contributed by atoms with Gasteiger partial charge in [-0.05, 0) is 36.8 Å². The molecule has 0 saturated carbocycles. The van der Waals surface area contributed by atoms with Gasteiger partial charge in [-0.25, -0.2) is 15.0 Å². The highest BCUT2D eigenvalue weighted by Crippen LogP contribution is 2.33. The Balaban J connectivity index is 1.75. The highest BCUT2D eigenvalue weighted by molar-refractivity contribution is 7.13. The Hall–Kier alpha value is -3.84. The maximum Gasteiger partial charge on any atom is 0.278 e. The van der Waals surface area contributed by atoms with Crippen molar-refractivity contribution in [1.82, 2.24) is 19.5 Å². The number of anilines is 1. The first-order valence-electron chi connectivity index (χ1n) is 9.84. The van der Waals surface area contributed by atoms with Crippen LogP contribution in [0.3, 0.4) is 0 Å². The zero-order valence-electron chi connectivity index (χ0n) is 16.8. The van der Waals surface area contributed by atoms with Gasteiger partial charge in [0.05, 0.1) is 11.4 Å². The smallest absolute Gasteiger partial charge is 0.278 e. The molecule has 0 unspecified atom stereocenters. The fraction of sp³-hybridized carbons (Fsp3) is 0.0833. The van der Waals surface area contributed by atoms with Crippen molar-refractivity contribution in [3.8, 4) is 16.3 Å². The van der Waals surface area contributed by atoms with Crippen LogP contribution < -0.4 is 11.3 Å². The lowest BCUT2D eigenvalue weighted by atomic mass is 10.1. The van der Waals surface area contributed by atoms with Gasteiger partial charge in [-0.1, -0.05) is 36.4 Å². The zero-order valence-corrected chi connectivity index (χ0v) is 17.6. The van der Waals surface area contributed by atoms with Crippen molar-refractivity contribution in [3.63, 3.8) is 0 Å². The molecule has 3 heterocycles. The molecule has 152 valence electrons. The van der Waals surface area contributed by atoms with E-state index >= 15 is 0 Å². The molecule has 0 saturated heterocycles. The van der Waals surface area contributed by atoms with Gasteiger partial charge in [0.1, 0.15) is 16.2 Å². The summed E-state index contributed by atoms with van der Waals surface area (Å²) in [5.41, 5.74) is 11.7. The van der Waals surface area contributed by atoms with Crippen molar-refractivity contribution in [2.75, 3.05) is 5.73 Å². The topological polar surface area (TPSA) is 86.7 Å². The van der Waals surface area contributed by atoms with Crippen LogP contribution in [0, 0.1) is 6.92 Å². The second-order valence-electron chi connectivity index (χ2n) is 7.24. The molecule has 0 atom stereocenters. The van der Waals surface area contributed by atoms with Crippen molar-refractivity contribution in [2.45, 2.75) is 13.3 Å². The third-order valence-electron chi connectivity index (χ3n) is 5.07. The van der Waals surface area contributed by atoms with Gasteiger partial charge in [0.2, 0.25) is 0 Å². The molecule has 2 aromatic carbocycles. The Morgan fingerprint density at radius 2 is 1.84 bits per heavy atom. The van der Waals surface area contributed by atoms with Crippen molar-refractivity contribution < 1.29 is 0 Å². The lowest BCUT2D eigenvalue weighted by Crippen LogP contribution is -2.26. The third-order valence-corrected chi connectivity index (χ3v) is 6.06. The third kappa shape index (κ3) is 3.49. The lowest BCUT2D eigenvalue weighted by Gasteiger charge is -2.15. The van der Waals surface area contributed by atoms with Gasteiger partial charge < -0.3 is 5.73 Å². The number of thiazole rings is 1. The number of benzene rings is 2. The molecule has 0 radical (unpaired) electrons. The Labute approximate surface area is 182 Å². The fourth-order valence-corrected chi connectivity index (χ4v) is 4.44. The molecular weight excluding hydrogens is 406 g/mol. The van der Waals surface area contributed by atoms with Gasteiger partial charge in [0.25, 0.3) is 5.56 Å². The Kier molecular flexibility index (Phi) is 4.80. The summed E-state index contributed by atoms with van der Waals surface area (Å²) in [6, 6.07) is 19.1. The highest BCUT2D eigenvalue weighted by Gasteiger charge is 2.18. The van der Waals surface area contributed by atoms with Crippen LogP contribution in [0.1, 0.15) is 17.0 Å². The van der Waals surface area contributed by atoms with Gasteiger partial charge in [-0.15, -0.1) is 11.3 Å². The van der Waals surface area contributed by atoms with E-state index in [1.807, 2.05) is 73.0 Å². The van der Waals surface area contributed by atoms with Crippen molar-refractivity contribution in [3.05, 3.63) is 99.5 Å². The minimum Gasteiger partial charge on any atom is -0.396 e. The summed E-state index contributed by atoms with van der Waals surface area (Å²) in [6.45, 7) is 1.95. The SMILES string of the molecule is Cc1csc(-c2cccc(-n3c(=O)c(Cc4ccccc4)nc4cccnc43)c2N)n1. The van der Waals surface area contributed by atoms with E-state index in [4.69, 9.17) is 5.73 Å². The first-order chi connectivity index (χ1) is 15.1. The summed E-state index contributed by atoms with van der Waals surface area (Å²) in [6.07, 6.45) is 2.08. The maximum atomic E-state index is 13.6. The predicted molar refractivity (Wildman–Crippen MR) is 125 cm³/mol. The van der Waals surface area contributed by atoms with Gasteiger partial charge in [-0.3, -0.25) is 9.36 Å². The van der Waals surface area contributed by atoms with Crippen LogP contribution in [0.4, 0.5) is 5.69 Å². The molecule has 0 aliphatic carbocycles. The van der Waals surface area contributed by atoms with E-state index in [1.54, 1.807) is 10.8 Å². The molecule has 31 heavy (non-hydrogen) atoms. The Bertz CT molecular complexity index is 1460. The number of hydrogen-bond acceptors (Lipinski definition) is 6. The van der Waals surface area contributed by atoms with Gasteiger partial charge in [0.15, 0.2) is 5.65 Å². The van der Waals surface area contributed by atoms with Gasteiger partial charge in [-0.2, -0.15) is 0 Å². The normalized spacial score (nSPS) is 11.1. The van der Waals surface area contributed by atoms with Crippen LogP contribution in [-0.2, 0) is 6.42 Å². The maximum absolute atomic E-state index is 13.6. The van der Waals surface area contributed by atoms with E-state index in [0.717, 1.165) is 21.8 Å². The largest absolute Gasteiger partial charge is 0.396 e. The van der Waals surface area contributed by atoms with Crippen LogP contribution >= 0.6 is 11.3 Å². The Morgan fingerprint density at radius 1 is 1.00 bits per heavy atom. The average molecular weight is 426 g/mol. The number of pyridine rings is 1. The second kappa shape index (κ2) is 7.77. The van der Waals surface area contributed by atoms with Crippen molar-refractivity contribution >= 4 is 28.2 Å². The minimum absolute atomic E-state index is 0.228. The van der Waals surface area contributed by atoms with Crippen LogP contribution in [0.5, 0.6) is 0 Å². The van der Waals surface area contributed by atoms with E-state index < -0.39 is 0 Å². The van der Waals surface area contributed by atoms with Gasteiger partial charge >= 0.3 is 0 Å². The average Bonchev–Trinajstić information content (AvgIpc) is 3.22. The molecule has 7 heteroatoms. The van der Waals surface area contributed by atoms with Crippen LogP contribution in [-0.4, -0.2) is 19.5 Å². The van der Waals surface area contributed by atoms with Crippen LogP contribution in [0.15, 0.2) is 77.0 Å². The first kappa shape index (κ1) is 19.1. The van der Waals surface area contributed by atoms with E-state index in [-0.39, 0.29) is 5.56 Å². The quantitative estimate of drug-likeness (QED) is 0.432. The summed E-state index contributed by atoms with van der Waals surface area (Å²) >= 11 is 1.53. The van der Waals surface area contributed by atoms with Crippen LogP contribution in [0.25, 0.3) is 27.4 Å². The summed E-state index contributed by atoms with van der Waals surface area (Å²) in [4.78, 5) is 27.2. The first-order valence-corrected chi connectivity index (χ1v) is 10.7. The minimum atomic E-state index is -0.228. The van der Waals surface area contributed by atoms with E-state index in [9.17, 15) is 4.79 Å². The lowest BCUT2D eigenvalue weighted by molar-refractivity contribution is 0.929. The van der Waals surface area contributed by atoms with Gasteiger partial charge in [0, 0.05) is 29.3 Å². The molecule has 0 fully saturated rings. The summed E-state index contributed by atoms with van der Waals surface area (Å²) < 4.78 is 1.57. The number of nitrogens with two attached hydrogens (primary N) is 1. The number of aromatic nitrogens is 4. The molecule has 0 aliphatic heterocycles. The molecule has 3 aromatic heterocycles. The standard InChI is InChI=1S/C24H19N5OS/c1-15-14-31-23(27-15)17-9-5-11-20(21(17)25)29-22-18(10-6-12-26-22)28-19(24(29)30)13-16-7-3-2-4-8-16/h2-12,14H,13,25H2,1H3. The second-order valence-corrected chi connectivity index (χ2v) is 8.10. The predicted octanol–water partition coefficient (Wildman–Crippen LogP) is 4.39. The highest BCUT2D eigenvalue weighted by atomic mass is 32.1. The molecule has 0 bridgehead atoms. The van der Waals surface area contributed by atoms with E-state index in [2.05, 4.69) is 15.0 Å². The molecule has 0 spiro atoms. The summed E-state index contributed by atoms with van der Waals surface area (Å²) in [5.74, 6) is 0. The van der Waals surface area contributed by atoms with E-state index in [0.29, 0.717) is 34.7 Å². The van der Waals surface area contributed by atoms with Crippen molar-refractivity contribution in [2.24, 2.45) is 0 Å². The summed E-state index contributed by atoms with van der Waals surface area (Å²) in [5, 5.41) is 2.80. The fourth-order valence-electron chi connectivity index (χ4n) is 3.61. The molecular formula is C24H19N5OS. The number of rotatable bonds is 4. The Morgan fingerprint density at radius 3 is 2.61 bits per heavy atom. The summed E-state index contributed by atoms with van der Waals surface area (Å²) in [7, 11) is 0. The number of hydrogen-bond donors (Lipinski definition) is 1. The number of fused-ring (bicyclic) bond motifs is 1. The molecule has 2 N–H and O–H groups in total. The van der Waals surface area contributed by atoms with E-state index in [1.165, 1.54) is 11.3 Å². The molecule has 0 aliphatic rings. The number of nitrogens with zero attached hydrogens (tertiary/aromatic N) is 4.